The van der Waals surface area contributed by atoms with E-state index in [0.717, 1.165) is 24.9 Å². The molecule has 2 aromatic rings. The Hall–Kier alpha value is -2.30. The highest BCUT2D eigenvalue weighted by atomic mass is 16.4. The van der Waals surface area contributed by atoms with Gasteiger partial charge < -0.3 is 14.6 Å². The van der Waals surface area contributed by atoms with E-state index >= 15 is 0 Å². The summed E-state index contributed by atoms with van der Waals surface area (Å²) in [5.41, 5.74) is 1.92. The molecule has 5 heteroatoms. The molecule has 0 fully saturated rings. The SMILES string of the molecule is CC(=O)Nc1ccc2c(=O)c3c(oc2c1)N(C)CCC3. The Kier molecular flexibility index (Phi) is 2.97. The molecule has 1 aliphatic rings. The fraction of sp³-hybridized carbons (Fsp3) is 0.333. The van der Waals surface area contributed by atoms with Crippen molar-refractivity contribution in [2.45, 2.75) is 19.8 Å². The molecule has 1 aromatic heterocycles. The van der Waals surface area contributed by atoms with Gasteiger partial charge in [0.2, 0.25) is 11.8 Å². The topological polar surface area (TPSA) is 62.6 Å². The summed E-state index contributed by atoms with van der Waals surface area (Å²) in [5, 5.41) is 3.26. The number of carbonyl (C=O) groups is 1. The van der Waals surface area contributed by atoms with E-state index in [-0.39, 0.29) is 11.3 Å². The van der Waals surface area contributed by atoms with E-state index in [2.05, 4.69) is 5.32 Å². The van der Waals surface area contributed by atoms with Gasteiger partial charge in [-0.1, -0.05) is 0 Å². The molecule has 0 bridgehead atoms. The Labute approximate surface area is 116 Å². The number of hydrogen-bond acceptors (Lipinski definition) is 4. The van der Waals surface area contributed by atoms with Crippen LogP contribution in [0.1, 0.15) is 18.9 Å². The smallest absolute Gasteiger partial charge is 0.221 e. The lowest BCUT2D eigenvalue weighted by Gasteiger charge is -2.25. The maximum atomic E-state index is 12.5. The lowest BCUT2D eigenvalue weighted by molar-refractivity contribution is -0.114. The summed E-state index contributed by atoms with van der Waals surface area (Å²) in [7, 11) is 1.92. The van der Waals surface area contributed by atoms with Gasteiger partial charge in [-0.2, -0.15) is 0 Å². The normalized spacial score (nSPS) is 14.2. The Morgan fingerprint density at radius 3 is 2.95 bits per heavy atom. The predicted octanol–water partition coefficient (Wildman–Crippen LogP) is 2.13. The first kappa shape index (κ1) is 12.7. The fourth-order valence-corrected chi connectivity index (χ4v) is 2.62. The zero-order valence-electron chi connectivity index (χ0n) is 11.5. The average Bonchev–Trinajstić information content (AvgIpc) is 2.39. The molecule has 0 saturated heterocycles. The molecule has 5 nitrogen and oxygen atoms in total. The molecular formula is C15H16N2O3. The van der Waals surface area contributed by atoms with Crippen molar-refractivity contribution in [3.05, 3.63) is 34.0 Å². The van der Waals surface area contributed by atoms with Crippen molar-refractivity contribution in [2.75, 3.05) is 23.8 Å². The lowest BCUT2D eigenvalue weighted by atomic mass is 10.0. The highest BCUT2D eigenvalue weighted by Crippen LogP contribution is 2.28. The van der Waals surface area contributed by atoms with Gasteiger partial charge in [-0.05, 0) is 25.0 Å². The first-order chi connectivity index (χ1) is 9.56. The van der Waals surface area contributed by atoms with Crippen LogP contribution in [-0.2, 0) is 11.2 Å². The fourth-order valence-electron chi connectivity index (χ4n) is 2.62. The Balaban J connectivity index is 2.21. The van der Waals surface area contributed by atoms with Crippen molar-refractivity contribution in [1.82, 2.24) is 0 Å². The van der Waals surface area contributed by atoms with Crippen LogP contribution in [-0.4, -0.2) is 19.5 Å². The maximum absolute atomic E-state index is 12.5. The number of nitrogens with zero attached hydrogens (tertiary/aromatic N) is 1. The van der Waals surface area contributed by atoms with Crippen LogP contribution >= 0.6 is 0 Å². The summed E-state index contributed by atoms with van der Waals surface area (Å²) in [5.74, 6) is 0.496. The minimum Gasteiger partial charge on any atom is -0.440 e. The molecule has 1 N–H and O–H groups in total. The Bertz CT molecular complexity index is 749. The number of carbonyl (C=O) groups excluding carboxylic acids is 1. The summed E-state index contributed by atoms with van der Waals surface area (Å²) >= 11 is 0. The highest BCUT2D eigenvalue weighted by Gasteiger charge is 2.21. The van der Waals surface area contributed by atoms with Crippen LogP contribution in [0.3, 0.4) is 0 Å². The van der Waals surface area contributed by atoms with Gasteiger partial charge in [-0.25, -0.2) is 0 Å². The van der Waals surface area contributed by atoms with E-state index in [9.17, 15) is 9.59 Å². The maximum Gasteiger partial charge on any atom is 0.221 e. The molecule has 20 heavy (non-hydrogen) atoms. The second-order valence-electron chi connectivity index (χ2n) is 5.13. The van der Waals surface area contributed by atoms with Crippen LogP contribution in [0.4, 0.5) is 11.6 Å². The zero-order chi connectivity index (χ0) is 14.3. The van der Waals surface area contributed by atoms with Crippen LogP contribution in [0.15, 0.2) is 27.4 Å². The Morgan fingerprint density at radius 2 is 2.20 bits per heavy atom. The number of fused-ring (bicyclic) bond motifs is 2. The van der Waals surface area contributed by atoms with Gasteiger partial charge in [-0.3, -0.25) is 9.59 Å². The second-order valence-corrected chi connectivity index (χ2v) is 5.13. The van der Waals surface area contributed by atoms with Crippen LogP contribution < -0.4 is 15.6 Å². The molecule has 3 rings (SSSR count). The molecule has 1 aliphatic heterocycles. The molecule has 0 radical (unpaired) electrons. The minimum atomic E-state index is -0.151. The van der Waals surface area contributed by atoms with Gasteiger partial charge in [0.15, 0.2) is 5.43 Å². The van der Waals surface area contributed by atoms with Crippen molar-refractivity contribution >= 4 is 28.4 Å². The van der Waals surface area contributed by atoms with E-state index in [1.807, 2.05) is 11.9 Å². The van der Waals surface area contributed by atoms with Crippen molar-refractivity contribution in [3.63, 3.8) is 0 Å². The van der Waals surface area contributed by atoms with Gasteiger partial charge in [0.1, 0.15) is 5.58 Å². The van der Waals surface area contributed by atoms with Crippen LogP contribution in [0.25, 0.3) is 11.0 Å². The van der Waals surface area contributed by atoms with Crippen LogP contribution in [0.5, 0.6) is 0 Å². The molecule has 0 aliphatic carbocycles. The number of rotatable bonds is 1. The van der Waals surface area contributed by atoms with Crippen molar-refractivity contribution in [2.24, 2.45) is 0 Å². The second kappa shape index (κ2) is 4.67. The first-order valence-corrected chi connectivity index (χ1v) is 6.65. The predicted molar refractivity (Wildman–Crippen MR) is 78.4 cm³/mol. The number of nitrogens with one attached hydrogen (secondary N) is 1. The van der Waals surface area contributed by atoms with Gasteiger partial charge in [-0.15, -0.1) is 0 Å². The van der Waals surface area contributed by atoms with Gasteiger partial charge in [0.25, 0.3) is 0 Å². The van der Waals surface area contributed by atoms with Gasteiger partial charge in [0.05, 0.1) is 10.9 Å². The van der Waals surface area contributed by atoms with E-state index in [1.54, 1.807) is 18.2 Å². The van der Waals surface area contributed by atoms with E-state index < -0.39 is 0 Å². The molecule has 0 unspecified atom stereocenters. The van der Waals surface area contributed by atoms with Crippen LogP contribution in [0, 0.1) is 0 Å². The molecule has 104 valence electrons. The third-order valence-electron chi connectivity index (χ3n) is 3.55. The van der Waals surface area contributed by atoms with Crippen molar-refractivity contribution in [1.29, 1.82) is 0 Å². The zero-order valence-corrected chi connectivity index (χ0v) is 11.5. The standard InChI is InChI=1S/C15H16N2O3/c1-9(18)16-10-5-6-11-13(8-10)20-15-12(14(11)19)4-3-7-17(15)2/h5-6,8H,3-4,7H2,1-2H3,(H,16,18). The molecule has 2 heterocycles. The minimum absolute atomic E-state index is 0.0298. The Morgan fingerprint density at radius 1 is 1.40 bits per heavy atom. The molecule has 1 amide bonds. The number of anilines is 2. The summed E-state index contributed by atoms with van der Waals surface area (Å²) in [4.78, 5) is 25.5. The number of hydrogen-bond donors (Lipinski definition) is 1. The largest absolute Gasteiger partial charge is 0.440 e. The van der Waals surface area contributed by atoms with Crippen molar-refractivity contribution < 1.29 is 9.21 Å². The number of benzene rings is 1. The molecule has 0 spiro atoms. The van der Waals surface area contributed by atoms with E-state index in [4.69, 9.17) is 4.42 Å². The molecule has 0 atom stereocenters. The van der Waals surface area contributed by atoms with Crippen LogP contribution in [0.2, 0.25) is 0 Å². The molecule has 1 aromatic carbocycles. The third-order valence-corrected chi connectivity index (χ3v) is 3.55. The summed E-state index contributed by atoms with van der Waals surface area (Å²) in [6.07, 6.45) is 1.72. The lowest BCUT2D eigenvalue weighted by Crippen LogP contribution is -2.28. The van der Waals surface area contributed by atoms with Gasteiger partial charge in [0, 0.05) is 32.3 Å². The van der Waals surface area contributed by atoms with Gasteiger partial charge >= 0.3 is 0 Å². The summed E-state index contributed by atoms with van der Waals surface area (Å²) in [6.45, 7) is 2.33. The first-order valence-electron chi connectivity index (χ1n) is 6.65. The summed E-state index contributed by atoms with van der Waals surface area (Å²) in [6, 6.07) is 5.13. The molecular weight excluding hydrogens is 256 g/mol. The highest BCUT2D eigenvalue weighted by molar-refractivity contribution is 5.92. The monoisotopic (exact) mass is 272 g/mol. The third kappa shape index (κ3) is 2.05. The quantitative estimate of drug-likeness (QED) is 0.864. The average molecular weight is 272 g/mol. The molecule has 0 saturated carbocycles. The summed E-state index contributed by atoms with van der Waals surface area (Å²) < 4.78 is 5.87. The van der Waals surface area contributed by atoms with Crippen molar-refractivity contribution in [3.8, 4) is 0 Å². The van der Waals surface area contributed by atoms with E-state index in [0.29, 0.717) is 22.5 Å². The van der Waals surface area contributed by atoms with E-state index in [1.165, 1.54) is 6.92 Å². The number of amides is 1.